The van der Waals surface area contributed by atoms with Crippen molar-refractivity contribution in [2.45, 2.75) is 45.6 Å². The number of rotatable bonds is 4. The van der Waals surface area contributed by atoms with Gasteiger partial charge < -0.3 is 15.7 Å². The number of hydrogen-bond donors (Lipinski definition) is 3. The van der Waals surface area contributed by atoms with Gasteiger partial charge in [0.2, 0.25) is 5.91 Å². The van der Waals surface area contributed by atoms with Gasteiger partial charge in [-0.1, -0.05) is 6.92 Å². The molecule has 0 spiro atoms. The molecule has 0 aromatic carbocycles. The average Bonchev–Trinajstić information content (AvgIpc) is 2.30. The van der Waals surface area contributed by atoms with Crippen molar-refractivity contribution in [3.63, 3.8) is 0 Å². The Bertz CT molecular complexity index is 243. The fourth-order valence-electron chi connectivity index (χ4n) is 1.91. The molecule has 1 saturated heterocycles. The first-order valence-electron chi connectivity index (χ1n) is 6.10. The molecule has 0 aromatic heterocycles. The first-order chi connectivity index (χ1) is 7.46. The molecule has 2 atom stereocenters. The number of aliphatic hydroxyl groups excluding tert-OH is 1. The van der Waals surface area contributed by atoms with Crippen LogP contribution in [0.15, 0.2) is 0 Å². The van der Waals surface area contributed by atoms with Crippen LogP contribution < -0.4 is 10.6 Å². The van der Waals surface area contributed by atoms with Crippen LogP contribution in [0.3, 0.4) is 0 Å². The third kappa shape index (κ3) is 2.95. The zero-order chi connectivity index (χ0) is 12.2. The minimum atomic E-state index is -0.489. The monoisotopic (exact) mass is 228 g/mol. The van der Waals surface area contributed by atoms with Crippen LogP contribution in [0.5, 0.6) is 0 Å². The molecule has 0 saturated carbocycles. The van der Waals surface area contributed by atoms with E-state index in [2.05, 4.69) is 10.6 Å². The van der Waals surface area contributed by atoms with Crippen molar-refractivity contribution in [2.75, 3.05) is 19.7 Å². The van der Waals surface area contributed by atoms with Crippen LogP contribution in [-0.2, 0) is 4.79 Å². The maximum absolute atomic E-state index is 12.2. The molecule has 0 aliphatic carbocycles. The Morgan fingerprint density at radius 1 is 1.62 bits per heavy atom. The summed E-state index contributed by atoms with van der Waals surface area (Å²) in [6, 6.07) is 0. The molecule has 3 N–H and O–H groups in total. The fourth-order valence-corrected chi connectivity index (χ4v) is 1.91. The quantitative estimate of drug-likeness (QED) is 0.662. The second-order valence-corrected chi connectivity index (χ2v) is 5.37. The summed E-state index contributed by atoms with van der Waals surface area (Å²) in [5.41, 5.74) is -0.818. The highest BCUT2D eigenvalue weighted by molar-refractivity contribution is 5.83. The molecule has 1 amide bonds. The van der Waals surface area contributed by atoms with Crippen molar-refractivity contribution in [1.82, 2.24) is 10.6 Å². The van der Waals surface area contributed by atoms with Gasteiger partial charge in [0.25, 0.3) is 0 Å². The second kappa shape index (κ2) is 5.15. The molecule has 0 aromatic rings. The number of hydrogen-bond acceptors (Lipinski definition) is 3. The third-order valence-electron chi connectivity index (χ3n) is 3.69. The smallest absolute Gasteiger partial charge is 0.227 e. The Morgan fingerprint density at radius 2 is 2.31 bits per heavy atom. The molecule has 1 aliphatic rings. The summed E-state index contributed by atoms with van der Waals surface area (Å²) in [5.74, 6) is 0.0538. The molecule has 1 fully saturated rings. The van der Waals surface area contributed by atoms with Crippen molar-refractivity contribution in [1.29, 1.82) is 0 Å². The van der Waals surface area contributed by atoms with Gasteiger partial charge in [0.05, 0.1) is 17.6 Å². The molecule has 0 radical (unpaired) electrons. The molecular formula is C12H24N2O2. The number of carbonyl (C=O) groups excluding carboxylic acids is 1. The van der Waals surface area contributed by atoms with E-state index in [1.165, 1.54) is 0 Å². The van der Waals surface area contributed by atoms with Crippen LogP contribution in [0.2, 0.25) is 0 Å². The Morgan fingerprint density at radius 3 is 2.75 bits per heavy atom. The molecular weight excluding hydrogens is 204 g/mol. The highest BCUT2D eigenvalue weighted by atomic mass is 16.3. The molecule has 0 bridgehead atoms. The van der Waals surface area contributed by atoms with Crippen molar-refractivity contribution in [3.8, 4) is 0 Å². The van der Waals surface area contributed by atoms with Gasteiger partial charge in [-0.25, -0.2) is 0 Å². The SMILES string of the molecule is CCC(C)(CO)NC(=O)C1(C)CCCNC1. The van der Waals surface area contributed by atoms with Gasteiger partial charge in [-0.2, -0.15) is 0 Å². The van der Waals surface area contributed by atoms with Gasteiger partial charge in [0.15, 0.2) is 0 Å². The maximum atomic E-state index is 12.2. The summed E-state index contributed by atoms with van der Waals surface area (Å²) in [7, 11) is 0. The van der Waals surface area contributed by atoms with Crippen molar-refractivity contribution in [3.05, 3.63) is 0 Å². The van der Waals surface area contributed by atoms with Crippen LogP contribution in [0.1, 0.15) is 40.0 Å². The number of aliphatic hydroxyl groups is 1. The molecule has 16 heavy (non-hydrogen) atoms. The van der Waals surface area contributed by atoms with E-state index in [-0.39, 0.29) is 17.9 Å². The maximum Gasteiger partial charge on any atom is 0.227 e. The van der Waals surface area contributed by atoms with E-state index in [9.17, 15) is 9.90 Å². The molecule has 1 rings (SSSR count). The third-order valence-corrected chi connectivity index (χ3v) is 3.69. The van der Waals surface area contributed by atoms with Gasteiger partial charge in [0.1, 0.15) is 0 Å². The number of carbonyl (C=O) groups is 1. The Hall–Kier alpha value is -0.610. The highest BCUT2D eigenvalue weighted by Gasteiger charge is 2.37. The lowest BCUT2D eigenvalue weighted by Gasteiger charge is -2.37. The van der Waals surface area contributed by atoms with Crippen molar-refractivity contribution < 1.29 is 9.90 Å². The van der Waals surface area contributed by atoms with E-state index < -0.39 is 5.54 Å². The van der Waals surface area contributed by atoms with Gasteiger partial charge in [-0.3, -0.25) is 4.79 Å². The molecule has 4 nitrogen and oxygen atoms in total. The summed E-state index contributed by atoms with van der Waals surface area (Å²) in [4.78, 5) is 12.2. The van der Waals surface area contributed by atoms with Crippen LogP contribution in [0, 0.1) is 5.41 Å². The molecule has 1 heterocycles. The lowest BCUT2D eigenvalue weighted by atomic mass is 9.81. The minimum absolute atomic E-state index is 0.0151. The molecule has 2 unspecified atom stereocenters. The summed E-state index contributed by atoms with van der Waals surface area (Å²) in [5, 5.41) is 15.5. The van der Waals surface area contributed by atoms with Crippen molar-refractivity contribution in [2.24, 2.45) is 5.41 Å². The second-order valence-electron chi connectivity index (χ2n) is 5.37. The highest BCUT2D eigenvalue weighted by Crippen LogP contribution is 2.26. The Kier molecular flexibility index (Phi) is 4.33. The first-order valence-corrected chi connectivity index (χ1v) is 6.10. The fraction of sp³-hybridized carbons (Fsp3) is 0.917. The van der Waals surface area contributed by atoms with Gasteiger partial charge in [-0.15, -0.1) is 0 Å². The van der Waals surface area contributed by atoms with Crippen LogP contribution in [0.25, 0.3) is 0 Å². The lowest BCUT2D eigenvalue weighted by molar-refractivity contribution is -0.133. The topological polar surface area (TPSA) is 61.4 Å². The predicted octanol–water partition coefficient (Wildman–Crippen LogP) is 0.653. The minimum Gasteiger partial charge on any atom is -0.394 e. The van der Waals surface area contributed by atoms with E-state index in [0.29, 0.717) is 0 Å². The summed E-state index contributed by atoms with van der Waals surface area (Å²) in [6.07, 6.45) is 2.68. The normalized spacial score (nSPS) is 29.5. The van der Waals surface area contributed by atoms with Crippen molar-refractivity contribution >= 4 is 5.91 Å². The number of piperidine rings is 1. The lowest BCUT2D eigenvalue weighted by Crippen LogP contribution is -2.56. The summed E-state index contributed by atoms with van der Waals surface area (Å²) < 4.78 is 0. The van der Waals surface area contributed by atoms with Gasteiger partial charge >= 0.3 is 0 Å². The van der Waals surface area contributed by atoms with E-state index in [1.807, 2.05) is 20.8 Å². The molecule has 4 heteroatoms. The average molecular weight is 228 g/mol. The van der Waals surface area contributed by atoms with Gasteiger partial charge in [-0.05, 0) is 39.7 Å². The Labute approximate surface area is 97.8 Å². The largest absolute Gasteiger partial charge is 0.394 e. The number of amides is 1. The van der Waals surface area contributed by atoms with Crippen LogP contribution in [0.4, 0.5) is 0 Å². The Balaban J connectivity index is 2.63. The first kappa shape index (κ1) is 13.5. The molecule has 94 valence electrons. The van der Waals surface area contributed by atoms with E-state index in [1.54, 1.807) is 0 Å². The predicted molar refractivity (Wildman–Crippen MR) is 64.1 cm³/mol. The van der Waals surface area contributed by atoms with E-state index >= 15 is 0 Å². The van der Waals surface area contributed by atoms with Crippen LogP contribution >= 0.6 is 0 Å². The number of nitrogens with one attached hydrogen (secondary N) is 2. The van der Waals surface area contributed by atoms with Crippen LogP contribution in [-0.4, -0.2) is 36.2 Å². The standard InChI is InChI=1S/C12H24N2O2/c1-4-12(3,9-15)14-10(16)11(2)6-5-7-13-8-11/h13,15H,4-9H2,1-3H3,(H,14,16). The summed E-state index contributed by atoms with van der Waals surface area (Å²) in [6.45, 7) is 7.54. The van der Waals surface area contributed by atoms with E-state index in [0.717, 1.165) is 32.4 Å². The zero-order valence-corrected chi connectivity index (χ0v) is 10.6. The molecule has 1 aliphatic heterocycles. The van der Waals surface area contributed by atoms with E-state index in [4.69, 9.17) is 0 Å². The summed E-state index contributed by atoms with van der Waals surface area (Å²) >= 11 is 0. The van der Waals surface area contributed by atoms with Gasteiger partial charge in [0, 0.05) is 6.54 Å². The zero-order valence-electron chi connectivity index (χ0n) is 10.6.